The number of methoxy groups -OCH3 is 1. The van der Waals surface area contributed by atoms with Gasteiger partial charge in [0.2, 0.25) is 0 Å². The monoisotopic (exact) mass is 292 g/mol. The third-order valence-electron chi connectivity index (χ3n) is 3.13. The van der Waals surface area contributed by atoms with E-state index in [1.54, 1.807) is 0 Å². The summed E-state index contributed by atoms with van der Waals surface area (Å²) in [5.74, 6) is 6.59. The lowest BCUT2D eigenvalue weighted by Gasteiger charge is -2.21. The first-order chi connectivity index (χ1) is 10.3. The normalized spacial score (nSPS) is 21.3. The van der Waals surface area contributed by atoms with Crippen LogP contribution in [-0.2, 0) is 23.7 Å². The van der Waals surface area contributed by atoms with Gasteiger partial charge in [-0.25, -0.2) is 0 Å². The Bertz CT molecular complexity index is 475. The topological polar surface area (TPSA) is 54.0 Å². The highest BCUT2D eigenvalue weighted by molar-refractivity contribution is 5.71. The Labute approximate surface area is 124 Å². The van der Waals surface area contributed by atoms with Crippen molar-refractivity contribution in [3.63, 3.8) is 0 Å². The van der Waals surface area contributed by atoms with Crippen LogP contribution in [0.3, 0.4) is 0 Å². The Balaban J connectivity index is 1.72. The van der Waals surface area contributed by atoms with Crippen molar-refractivity contribution in [2.75, 3.05) is 20.3 Å². The lowest BCUT2D eigenvalue weighted by atomic mass is 10.2. The van der Waals surface area contributed by atoms with Crippen molar-refractivity contribution in [3.8, 4) is 11.8 Å². The number of allylic oxidation sites excluding steroid dienone is 3. The van der Waals surface area contributed by atoms with Crippen LogP contribution in [-0.4, -0.2) is 32.6 Å². The molecule has 2 aliphatic rings. The third kappa shape index (κ3) is 5.62. The molecular formula is C16H20O5. The average Bonchev–Trinajstić information content (AvgIpc) is 2.53. The van der Waals surface area contributed by atoms with Crippen LogP contribution in [0.1, 0.15) is 32.1 Å². The second kappa shape index (κ2) is 8.50. The summed E-state index contributed by atoms with van der Waals surface area (Å²) in [6, 6.07) is 0. The Morgan fingerprint density at radius 1 is 1.43 bits per heavy atom. The standard InChI is InChI=1S/C16H20O5/c1-18-15(17)12-14-7-4-6-13(21-14)8-5-11-20-16-9-2-3-10-19-16/h6-7,16H,2-4,9-12H2,1H3. The molecule has 0 amide bonds. The van der Waals surface area contributed by atoms with Crippen LogP contribution in [0.4, 0.5) is 0 Å². The van der Waals surface area contributed by atoms with Gasteiger partial charge in [-0.2, -0.15) is 0 Å². The van der Waals surface area contributed by atoms with Gasteiger partial charge in [0.05, 0.1) is 7.11 Å². The molecule has 0 spiro atoms. The fourth-order valence-corrected chi connectivity index (χ4v) is 2.02. The van der Waals surface area contributed by atoms with Crippen LogP contribution in [0, 0.1) is 11.8 Å². The van der Waals surface area contributed by atoms with Crippen molar-refractivity contribution in [1.29, 1.82) is 0 Å². The Hall–Kier alpha value is -1.77. The van der Waals surface area contributed by atoms with E-state index in [2.05, 4.69) is 16.6 Å². The summed E-state index contributed by atoms with van der Waals surface area (Å²) >= 11 is 0. The van der Waals surface area contributed by atoms with E-state index in [4.69, 9.17) is 14.2 Å². The molecule has 0 N–H and O–H groups in total. The SMILES string of the molecule is COC(=O)CC1=CCC=C(C#CCOC2CCCCO2)O1. The Morgan fingerprint density at radius 2 is 2.33 bits per heavy atom. The van der Waals surface area contributed by atoms with Crippen LogP contribution in [0.15, 0.2) is 23.7 Å². The summed E-state index contributed by atoms with van der Waals surface area (Å²) < 4.78 is 21.1. The van der Waals surface area contributed by atoms with Crippen LogP contribution >= 0.6 is 0 Å². The molecule has 5 nitrogen and oxygen atoms in total. The third-order valence-corrected chi connectivity index (χ3v) is 3.13. The maximum atomic E-state index is 11.2. The van der Waals surface area contributed by atoms with Gasteiger partial charge in [-0.1, -0.05) is 5.92 Å². The maximum absolute atomic E-state index is 11.2. The summed E-state index contributed by atoms with van der Waals surface area (Å²) in [5, 5.41) is 0. The molecule has 114 valence electrons. The first-order valence-electron chi connectivity index (χ1n) is 7.14. The van der Waals surface area contributed by atoms with Crippen molar-refractivity contribution in [3.05, 3.63) is 23.7 Å². The number of esters is 1. The van der Waals surface area contributed by atoms with Gasteiger partial charge < -0.3 is 18.9 Å². The summed E-state index contributed by atoms with van der Waals surface area (Å²) in [6.07, 6.45) is 7.55. The fraction of sp³-hybridized carbons (Fsp3) is 0.562. The predicted molar refractivity (Wildman–Crippen MR) is 75.8 cm³/mol. The highest BCUT2D eigenvalue weighted by Gasteiger charge is 2.13. The minimum Gasteiger partial charge on any atom is -0.469 e. The summed E-state index contributed by atoms with van der Waals surface area (Å²) in [6.45, 7) is 1.06. The van der Waals surface area contributed by atoms with E-state index < -0.39 is 0 Å². The molecule has 0 aromatic rings. The van der Waals surface area contributed by atoms with E-state index in [0.29, 0.717) is 24.5 Å². The van der Waals surface area contributed by atoms with Gasteiger partial charge >= 0.3 is 5.97 Å². The van der Waals surface area contributed by atoms with Crippen LogP contribution < -0.4 is 0 Å². The van der Waals surface area contributed by atoms with Gasteiger partial charge in [-0.05, 0) is 43.8 Å². The largest absolute Gasteiger partial charge is 0.469 e. The minimum absolute atomic E-state index is 0.127. The molecule has 1 atom stereocenters. The van der Waals surface area contributed by atoms with Gasteiger partial charge in [0.1, 0.15) is 18.8 Å². The molecule has 0 aromatic carbocycles. The second-order valence-electron chi connectivity index (χ2n) is 4.74. The van der Waals surface area contributed by atoms with Gasteiger partial charge in [-0.15, -0.1) is 0 Å². The van der Waals surface area contributed by atoms with E-state index in [0.717, 1.165) is 25.9 Å². The quantitative estimate of drug-likeness (QED) is 0.588. The minimum atomic E-state index is -0.326. The number of hydrogen-bond acceptors (Lipinski definition) is 5. The molecular weight excluding hydrogens is 272 g/mol. The summed E-state index contributed by atoms with van der Waals surface area (Å²) in [7, 11) is 1.35. The number of hydrogen-bond donors (Lipinski definition) is 0. The zero-order valence-electron chi connectivity index (χ0n) is 12.2. The molecule has 21 heavy (non-hydrogen) atoms. The number of carbonyl (C=O) groups is 1. The molecule has 1 unspecified atom stereocenters. The molecule has 1 saturated heterocycles. The smallest absolute Gasteiger partial charge is 0.313 e. The van der Waals surface area contributed by atoms with Crippen LogP contribution in [0.25, 0.3) is 0 Å². The average molecular weight is 292 g/mol. The van der Waals surface area contributed by atoms with Crippen molar-refractivity contribution in [1.82, 2.24) is 0 Å². The van der Waals surface area contributed by atoms with E-state index in [1.165, 1.54) is 7.11 Å². The highest BCUT2D eigenvalue weighted by Crippen LogP contribution is 2.17. The number of rotatable bonds is 4. The molecule has 1 fully saturated rings. The Kier molecular flexibility index (Phi) is 6.32. The number of carbonyl (C=O) groups excluding carboxylic acids is 1. The molecule has 0 aliphatic carbocycles. The molecule has 0 aromatic heterocycles. The van der Waals surface area contributed by atoms with Crippen molar-refractivity contribution in [2.45, 2.75) is 38.4 Å². The molecule has 0 radical (unpaired) electrons. The molecule has 5 heteroatoms. The summed E-state index contributed by atoms with van der Waals surface area (Å²) in [4.78, 5) is 11.2. The lowest BCUT2D eigenvalue weighted by molar-refractivity contribution is -0.154. The molecule has 2 heterocycles. The van der Waals surface area contributed by atoms with E-state index >= 15 is 0 Å². The maximum Gasteiger partial charge on any atom is 0.313 e. The summed E-state index contributed by atoms with van der Waals surface area (Å²) in [5.41, 5.74) is 0. The van der Waals surface area contributed by atoms with Gasteiger partial charge in [0.25, 0.3) is 0 Å². The molecule has 0 bridgehead atoms. The van der Waals surface area contributed by atoms with Gasteiger partial charge in [-0.3, -0.25) is 4.79 Å². The van der Waals surface area contributed by atoms with Crippen molar-refractivity contribution >= 4 is 5.97 Å². The van der Waals surface area contributed by atoms with Gasteiger partial charge in [0, 0.05) is 6.61 Å². The first-order valence-corrected chi connectivity index (χ1v) is 7.14. The molecule has 2 rings (SSSR count). The Morgan fingerprint density at radius 3 is 3.10 bits per heavy atom. The van der Waals surface area contributed by atoms with Crippen molar-refractivity contribution < 1.29 is 23.7 Å². The first kappa shape index (κ1) is 15.6. The van der Waals surface area contributed by atoms with E-state index in [1.807, 2.05) is 12.2 Å². The molecule has 0 saturated carbocycles. The zero-order valence-corrected chi connectivity index (χ0v) is 12.2. The fourth-order valence-electron chi connectivity index (χ4n) is 2.02. The van der Waals surface area contributed by atoms with Crippen LogP contribution in [0.2, 0.25) is 0 Å². The predicted octanol–water partition coefficient (Wildman–Crippen LogP) is 2.28. The second-order valence-corrected chi connectivity index (χ2v) is 4.74. The van der Waals surface area contributed by atoms with Crippen molar-refractivity contribution in [2.24, 2.45) is 0 Å². The van der Waals surface area contributed by atoms with E-state index in [-0.39, 0.29) is 18.7 Å². The lowest BCUT2D eigenvalue weighted by Crippen LogP contribution is -2.22. The van der Waals surface area contributed by atoms with E-state index in [9.17, 15) is 4.79 Å². The zero-order chi connectivity index (χ0) is 14.9. The van der Waals surface area contributed by atoms with Gasteiger partial charge in [0.15, 0.2) is 12.0 Å². The van der Waals surface area contributed by atoms with Crippen LogP contribution in [0.5, 0.6) is 0 Å². The highest BCUT2D eigenvalue weighted by atomic mass is 16.7. The molecule has 2 aliphatic heterocycles. The number of ether oxygens (including phenoxy) is 4.